The van der Waals surface area contributed by atoms with Gasteiger partial charge >= 0.3 is 0 Å². The molecule has 1 aliphatic heterocycles. The van der Waals surface area contributed by atoms with Crippen LogP contribution >= 0.6 is 0 Å². The molecule has 1 heterocycles. The van der Waals surface area contributed by atoms with Gasteiger partial charge in [-0.05, 0) is 32.1 Å². The number of nitrogens with zero attached hydrogens (tertiary/aromatic N) is 1. The largest absolute Gasteiger partial charge is 0.348 e. The van der Waals surface area contributed by atoms with Crippen LogP contribution in [0, 0.1) is 5.82 Å². The summed E-state index contributed by atoms with van der Waals surface area (Å²) in [5.41, 5.74) is 0.122. The fraction of sp³-hybridized carbons (Fsp3) is 0.417. The molecular formula is C12H15FN2O. The van der Waals surface area contributed by atoms with E-state index in [1.807, 2.05) is 7.05 Å². The lowest BCUT2D eigenvalue weighted by atomic mass is 10.1. The number of benzene rings is 1. The van der Waals surface area contributed by atoms with Crippen LogP contribution in [0.25, 0.3) is 0 Å². The van der Waals surface area contributed by atoms with E-state index in [2.05, 4.69) is 10.2 Å². The van der Waals surface area contributed by atoms with Crippen LogP contribution in [-0.2, 0) is 0 Å². The van der Waals surface area contributed by atoms with Crippen molar-refractivity contribution in [3.63, 3.8) is 0 Å². The van der Waals surface area contributed by atoms with Crippen LogP contribution in [0.2, 0.25) is 0 Å². The highest BCUT2D eigenvalue weighted by Gasteiger charge is 2.22. The van der Waals surface area contributed by atoms with Crippen molar-refractivity contribution < 1.29 is 9.18 Å². The van der Waals surface area contributed by atoms with Crippen molar-refractivity contribution >= 4 is 5.91 Å². The first-order chi connectivity index (χ1) is 7.66. The van der Waals surface area contributed by atoms with E-state index in [1.54, 1.807) is 12.1 Å². The number of halogens is 1. The Morgan fingerprint density at radius 2 is 2.25 bits per heavy atom. The van der Waals surface area contributed by atoms with Crippen LogP contribution in [0.3, 0.4) is 0 Å². The molecule has 1 amide bonds. The highest BCUT2D eigenvalue weighted by Crippen LogP contribution is 2.10. The minimum absolute atomic E-state index is 0.122. The van der Waals surface area contributed by atoms with Gasteiger partial charge in [-0.3, -0.25) is 4.79 Å². The van der Waals surface area contributed by atoms with E-state index in [4.69, 9.17) is 0 Å². The van der Waals surface area contributed by atoms with Crippen molar-refractivity contribution in [3.8, 4) is 0 Å². The number of carbonyl (C=O) groups is 1. The summed E-state index contributed by atoms with van der Waals surface area (Å²) in [6, 6.07) is 6.19. The molecule has 0 bridgehead atoms. The number of nitrogens with one attached hydrogen (secondary N) is 1. The molecule has 3 nitrogen and oxygen atoms in total. The lowest BCUT2D eigenvalue weighted by Gasteiger charge is -2.13. The van der Waals surface area contributed by atoms with Crippen molar-refractivity contribution in [1.82, 2.24) is 10.2 Å². The summed E-state index contributed by atoms with van der Waals surface area (Å²) in [5, 5.41) is 2.85. The first-order valence-corrected chi connectivity index (χ1v) is 5.41. The van der Waals surface area contributed by atoms with E-state index in [0.717, 1.165) is 19.5 Å². The summed E-state index contributed by atoms with van der Waals surface area (Å²) in [4.78, 5) is 13.9. The molecule has 0 aromatic heterocycles. The minimum Gasteiger partial charge on any atom is -0.348 e. The average Bonchev–Trinajstić information content (AvgIpc) is 2.64. The highest BCUT2D eigenvalue weighted by molar-refractivity contribution is 5.94. The van der Waals surface area contributed by atoms with Crippen LogP contribution in [0.15, 0.2) is 24.3 Å². The summed E-state index contributed by atoms with van der Waals surface area (Å²) in [6.07, 6.45) is 0.927. The topological polar surface area (TPSA) is 32.3 Å². The van der Waals surface area contributed by atoms with Gasteiger partial charge in [0.1, 0.15) is 5.82 Å². The van der Waals surface area contributed by atoms with Crippen LogP contribution in [0.5, 0.6) is 0 Å². The van der Waals surface area contributed by atoms with Crippen molar-refractivity contribution in [2.24, 2.45) is 0 Å². The van der Waals surface area contributed by atoms with Gasteiger partial charge in [-0.15, -0.1) is 0 Å². The van der Waals surface area contributed by atoms with Crippen molar-refractivity contribution in [3.05, 3.63) is 35.6 Å². The third-order valence-electron chi connectivity index (χ3n) is 2.85. The van der Waals surface area contributed by atoms with Crippen molar-refractivity contribution in [2.75, 3.05) is 20.1 Å². The lowest BCUT2D eigenvalue weighted by molar-refractivity contribution is 0.0934. The Bertz CT molecular complexity index is 394. The molecule has 1 aromatic carbocycles. The van der Waals surface area contributed by atoms with Crippen molar-refractivity contribution in [2.45, 2.75) is 12.5 Å². The molecule has 0 radical (unpaired) electrons. The third kappa shape index (κ3) is 2.39. The van der Waals surface area contributed by atoms with E-state index < -0.39 is 5.82 Å². The van der Waals surface area contributed by atoms with Crippen molar-refractivity contribution in [1.29, 1.82) is 0 Å². The number of likely N-dealkylation sites (N-methyl/N-ethyl adjacent to an activating group) is 1. The molecule has 1 atom stereocenters. The molecule has 1 fully saturated rings. The SMILES string of the molecule is CN1CCC(NC(=O)c2ccccc2F)C1. The van der Waals surface area contributed by atoms with E-state index in [-0.39, 0.29) is 17.5 Å². The molecule has 1 N–H and O–H groups in total. The zero-order chi connectivity index (χ0) is 11.5. The summed E-state index contributed by atoms with van der Waals surface area (Å²) in [7, 11) is 2.01. The minimum atomic E-state index is -0.466. The lowest BCUT2D eigenvalue weighted by Crippen LogP contribution is -2.36. The van der Waals surface area contributed by atoms with Gasteiger partial charge in [0.25, 0.3) is 5.91 Å². The number of hydrogen-bond acceptors (Lipinski definition) is 2. The Kier molecular flexibility index (Phi) is 3.19. The average molecular weight is 222 g/mol. The predicted octanol–water partition coefficient (Wildman–Crippen LogP) is 1.26. The Balaban J connectivity index is 2.01. The van der Waals surface area contributed by atoms with Gasteiger partial charge in [0.2, 0.25) is 0 Å². The maximum Gasteiger partial charge on any atom is 0.254 e. The van der Waals surface area contributed by atoms with Gasteiger partial charge in [-0.25, -0.2) is 4.39 Å². The Labute approximate surface area is 94.3 Å². The molecule has 86 valence electrons. The highest BCUT2D eigenvalue weighted by atomic mass is 19.1. The molecule has 1 unspecified atom stereocenters. The van der Waals surface area contributed by atoms with E-state index in [9.17, 15) is 9.18 Å². The summed E-state index contributed by atoms with van der Waals surface area (Å²) in [5.74, 6) is -0.787. The second kappa shape index (κ2) is 4.61. The van der Waals surface area contributed by atoms with E-state index >= 15 is 0 Å². The Hall–Kier alpha value is -1.42. The summed E-state index contributed by atoms with van der Waals surface area (Å²) in [6.45, 7) is 1.81. The molecule has 0 saturated carbocycles. The van der Waals surface area contributed by atoms with Crippen LogP contribution in [0.4, 0.5) is 4.39 Å². The molecule has 16 heavy (non-hydrogen) atoms. The zero-order valence-corrected chi connectivity index (χ0v) is 9.24. The summed E-state index contributed by atoms with van der Waals surface area (Å²) < 4.78 is 13.3. The molecule has 0 aliphatic carbocycles. The number of rotatable bonds is 2. The molecular weight excluding hydrogens is 207 g/mol. The van der Waals surface area contributed by atoms with E-state index in [1.165, 1.54) is 12.1 Å². The monoisotopic (exact) mass is 222 g/mol. The Morgan fingerprint density at radius 1 is 1.50 bits per heavy atom. The van der Waals surface area contributed by atoms with Gasteiger partial charge in [-0.2, -0.15) is 0 Å². The quantitative estimate of drug-likeness (QED) is 0.817. The smallest absolute Gasteiger partial charge is 0.254 e. The van der Waals surface area contributed by atoms with E-state index in [0.29, 0.717) is 0 Å². The number of amides is 1. The first-order valence-electron chi connectivity index (χ1n) is 5.41. The second-order valence-corrected chi connectivity index (χ2v) is 4.20. The van der Waals surface area contributed by atoms with Gasteiger partial charge in [0.05, 0.1) is 5.56 Å². The number of likely N-dealkylation sites (tertiary alicyclic amines) is 1. The zero-order valence-electron chi connectivity index (χ0n) is 9.24. The van der Waals surface area contributed by atoms with Gasteiger partial charge in [-0.1, -0.05) is 12.1 Å². The predicted molar refractivity (Wildman–Crippen MR) is 59.8 cm³/mol. The molecule has 1 aliphatic rings. The normalized spacial score (nSPS) is 21.0. The summed E-state index contributed by atoms with van der Waals surface area (Å²) >= 11 is 0. The van der Waals surface area contributed by atoms with Gasteiger partial charge in [0.15, 0.2) is 0 Å². The standard InChI is InChI=1S/C12H15FN2O/c1-15-7-6-9(8-15)14-12(16)10-4-2-3-5-11(10)13/h2-5,9H,6-8H2,1H3,(H,14,16). The van der Waals surface area contributed by atoms with Gasteiger partial charge in [0, 0.05) is 12.6 Å². The molecule has 1 saturated heterocycles. The van der Waals surface area contributed by atoms with Crippen LogP contribution in [0.1, 0.15) is 16.8 Å². The maximum atomic E-state index is 13.3. The molecule has 1 aromatic rings. The van der Waals surface area contributed by atoms with Gasteiger partial charge < -0.3 is 10.2 Å². The molecule has 0 spiro atoms. The number of carbonyl (C=O) groups excluding carboxylic acids is 1. The fourth-order valence-corrected chi connectivity index (χ4v) is 1.96. The third-order valence-corrected chi connectivity index (χ3v) is 2.85. The second-order valence-electron chi connectivity index (χ2n) is 4.20. The molecule has 2 rings (SSSR count). The maximum absolute atomic E-state index is 13.3. The number of hydrogen-bond donors (Lipinski definition) is 1. The van der Waals surface area contributed by atoms with Crippen LogP contribution < -0.4 is 5.32 Å². The molecule has 4 heteroatoms. The van der Waals surface area contributed by atoms with Crippen LogP contribution in [-0.4, -0.2) is 37.0 Å². The first kappa shape index (κ1) is 11.1. The Morgan fingerprint density at radius 3 is 2.88 bits per heavy atom. The fourth-order valence-electron chi connectivity index (χ4n) is 1.96.